The van der Waals surface area contributed by atoms with Crippen LogP contribution in [0.5, 0.6) is 5.75 Å². The first-order chi connectivity index (χ1) is 9.06. The van der Waals surface area contributed by atoms with Crippen LogP contribution in [-0.4, -0.2) is 42.3 Å². The predicted octanol–water partition coefficient (Wildman–Crippen LogP) is -0.141. The van der Waals surface area contributed by atoms with Gasteiger partial charge < -0.3 is 9.64 Å². The number of ether oxygens (including phenoxy) is 1. The van der Waals surface area contributed by atoms with E-state index in [1.54, 1.807) is 6.07 Å². The molecule has 0 aliphatic carbocycles. The minimum absolute atomic E-state index is 0.109. The van der Waals surface area contributed by atoms with Crippen molar-refractivity contribution in [1.29, 1.82) is 0 Å². The molecule has 1 aromatic rings. The Kier molecular flexibility index (Phi) is 3.79. The van der Waals surface area contributed by atoms with Crippen LogP contribution in [0.2, 0.25) is 0 Å². The van der Waals surface area contributed by atoms with Crippen LogP contribution in [0.25, 0.3) is 0 Å². The van der Waals surface area contributed by atoms with E-state index >= 15 is 0 Å². The molecular formula is C13H14N2O4. The molecule has 1 aromatic carbocycles. The molecule has 0 spiro atoms. The summed E-state index contributed by atoms with van der Waals surface area (Å²) in [7, 11) is 0. The van der Waals surface area contributed by atoms with Gasteiger partial charge in [0, 0.05) is 0 Å². The third-order valence-corrected chi connectivity index (χ3v) is 2.75. The first-order valence-corrected chi connectivity index (χ1v) is 5.85. The van der Waals surface area contributed by atoms with Crippen molar-refractivity contribution in [2.24, 2.45) is 0 Å². The van der Waals surface area contributed by atoms with E-state index in [2.05, 4.69) is 5.32 Å². The SMILES string of the molecule is Cc1ccccc1OCC(=O)N1CC(=O)NC(=O)C1. The van der Waals surface area contributed by atoms with Crippen LogP contribution in [0, 0.1) is 6.92 Å². The van der Waals surface area contributed by atoms with Crippen LogP contribution in [0.4, 0.5) is 0 Å². The van der Waals surface area contributed by atoms with Crippen molar-refractivity contribution >= 4 is 17.7 Å². The van der Waals surface area contributed by atoms with Crippen molar-refractivity contribution < 1.29 is 19.1 Å². The van der Waals surface area contributed by atoms with E-state index in [4.69, 9.17) is 4.74 Å². The van der Waals surface area contributed by atoms with E-state index in [-0.39, 0.29) is 25.6 Å². The van der Waals surface area contributed by atoms with Crippen LogP contribution in [0.1, 0.15) is 5.56 Å². The van der Waals surface area contributed by atoms with Gasteiger partial charge in [-0.2, -0.15) is 0 Å². The normalized spacial score (nSPS) is 15.1. The third kappa shape index (κ3) is 3.31. The lowest BCUT2D eigenvalue weighted by molar-refractivity contribution is -0.146. The van der Waals surface area contributed by atoms with Crippen LogP contribution >= 0.6 is 0 Å². The lowest BCUT2D eigenvalue weighted by Gasteiger charge is -2.25. The second-order valence-corrected chi connectivity index (χ2v) is 4.28. The fraction of sp³-hybridized carbons (Fsp3) is 0.308. The van der Waals surface area contributed by atoms with Gasteiger partial charge in [0.2, 0.25) is 11.8 Å². The third-order valence-electron chi connectivity index (χ3n) is 2.75. The van der Waals surface area contributed by atoms with E-state index in [9.17, 15) is 14.4 Å². The Morgan fingerprint density at radius 1 is 1.26 bits per heavy atom. The molecular weight excluding hydrogens is 248 g/mol. The number of piperazine rings is 1. The lowest BCUT2D eigenvalue weighted by atomic mass is 10.2. The Hall–Kier alpha value is -2.37. The van der Waals surface area contributed by atoms with Gasteiger partial charge in [0.05, 0.1) is 0 Å². The molecule has 0 aromatic heterocycles. The molecule has 1 aliphatic heterocycles. The molecule has 0 saturated carbocycles. The smallest absolute Gasteiger partial charge is 0.261 e. The standard InChI is InChI=1S/C13H14N2O4/c1-9-4-2-3-5-10(9)19-8-13(18)15-6-11(16)14-12(17)7-15/h2-5H,6-8H2,1H3,(H,14,16,17). The number of rotatable bonds is 3. The van der Waals surface area contributed by atoms with Gasteiger partial charge in [-0.15, -0.1) is 0 Å². The largest absolute Gasteiger partial charge is 0.484 e. The van der Waals surface area contributed by atoms with Gasteiger partial charge in [-0.25, -0.2) is 0 Å². The number of hydrogen-bond acceptors (Lipinski definition) is 4. The molecule has 1 N–H and O–H groups in total. The molecule has 100 valence electrons. The fourth-order valence-corrected chi connectivity index (χ4v) is 1.76. The molecule has 6 heteroatoms. The molecule has 1 aliphatic rings. The molecule has 0 radical (unpaired) electrons. The first-order valence-electron chi connectivity index (χ1n) is 5.85. The minimum atomic E-state index is -0.472. The van der Waals surface area contributed by atoms with E-state index < -0.39 is 11.8 Å². The molecule has 6 nitrogen and oxygen atoms in total. The summed E-state index contributed by atoms with van der Waals surface area (Å²) >= 11 is 0. The Morgan fingerprint density at radius 3 is 2.53 bits per heavy atom. The van der Waals surface area contributed by atoms with Gasteiger partial charge in [-0.3, -0.25) is 19.7 Å². The highest BCUT2D eigenvalue weighted by Crippen LogP contribution is 2.16. The number of aryl methyl sites for hydroxylation is 1. The molecule has 1 saturated heterocycles. The lowest BCUT2D eigenvalue weighted by Crippen LogP contribution is -2.54. The summed E-state index contributed by atoms with van der Waals surface area (Å²) in [4.78, 5) is 35.3. The van der Waals surface area contributed by atoms with Gasteiger partial charge in [-0.05, 0) is 18.6 Å². The maximum atomic E-state index is 11.8. The van der Waals surface area contributed by atoms with E-state index in [0.29, 0.717) is 5.75 Å². The van der Waals surface area contributed by atoms with Gasteiger partial charge in [-0.1, -0.05) is 18.2 Å². The number of nitrogens with zero attached hydrogens (tertiary/aromatic N) is 1. The molecule has 3 amide bonds. The number of hydrogen-bond donors (Lipinski definition) is 1. The predicted molar refractivity (Wildman–Crippen MR) is 66.4 cm³/mol. The summed E-state index contributed by atoms with van der Waals surface area (Å²) in [5.41, 5.74) is 0.919. The maximum absolute atomic E-state index is 11.8. The summed E-state index contributed by atoms with van der Waals surface area (Å²) < 4.78 is 5.39. The molecule has 1 fully saturated rings. The number of benzene rings is 1. The van der Waals surface area contributed by atoms with Crippen LogP contribution < -0.4 is 10.1 Å². The Balaban J connectivity index is 1.93. The highest BCUT2D eigenvalue weighted by atomic mass is 16.5. The average Bonchev–Trinajstić information content (AvgIpc) is 2.36. The molecule has 2 rings (SSSR count). The molecule has 0 atom stereocenters. The second kappa shape index (κ2) is 5.51. The number of imide groups is 1. The van der Waals surface area contributed by atoms with Crippen molar-refractivity contribution in [2.75, 3.05) is 19.7 Å². The topological polar surface area (TPSA) is 75.7 Å². The van der Waals surface area contributed by atoms with Crippen molar-refractivity contribution in [2.45, 2.75) is 6.92 Å². The summed E-state index contributed by atoms with van der Waals surface area (Å²) in [6.07, 6.45) is 0. The summed E-state index contributed by atoms with van der Waals surface area (Å²) in [5.74, 6) is -0.712. The zero-order chi connectivity index (χ0) is 13.8. The van der Waals surface area contributed by atoms with Crippen LogP contribution in [0.3, 0.4) is 0 Å². The summed E-state index contributed by atoms with van der Waals surface area (Å²) in [5, 5.41) is 2.13. The van der Waals surface area contributed by atoms with Gasteiger partial charge in [0.1, 0.15) is 18.8 Å². The van der Waals surface area contributed by atoms with Crippen molar-refractivity contribution in [3.63, 3.8) is 0 Å². The number of para-hydroxylation sites is 1. The number of carbonyl (C=O) groups is 3. The fourth-order valence-electron chi connectivity index (χ4n) is 1.76. The van der Waals surface area contributed by atoms with Gasteiger partial charge >= 0.3 is 0 Å². The second-order valence-electron chi connectivity index (χ2n) is 4.28. The maximum Gasteiger partial charge on any atom is 0.261 e. The van der Waals surface area contributed by atoms with Crippen molar-refractivity contribution in [3.8, 4) is 5.75 Å². The highest BCUT2D eigenvalue weighted by Gasteiger charge is 2.26. The average molecular weight is 262 g/mol. The van der Waals surface area contributed by atoms with E-state index in [1.165, 1.54) is 4.90 Å². The summed E-state index contributed by atoms with van der Waals surface area (Å²) in [6.45, 7) is 1.46. The minimum Gasteiger partial charge on any atom is -0.484 e. The molecule has 1 heterocycles. The quantitative estimate of drug-likeness (QED) is 0.769. The van der Waals surface area contributed by atoms with E-state index in [0.717, 1.165) is 5.56 Å². The van der Waals surface area contributed by atoms with Crippen LogP contribution in [-0.2, 0) is 14.4 Å². The summed E-state index contributed by atoms with van der Waals surface area (Å²) in [6, 6.07) is 7.32. The zero-order valence-corrected chi connectivity index (χ0v) is 10.5. The van der Waals surface area contributed by atoms with E-state index in [1.807, 2.05) is 25.1 Å². The monoisotopic (exact) mass is 262 g/mol. The molecule has 19 heavy (non-hydrogen) atoms. The Bertz CT molecular complexity index is 511. The molecule has 0 unspecified atom stereocenters. The number of nitrogens with one attached hydrogen (secondary N) is 1. The van der Waals surface area contributed by atoms with Gasteiger partial charge in [0.25, 0.3) is 5.91 Å². The highest BCUT2D eigenvalue weighted by molar-refractivity contribution is 6.02. The number of amides is 3. The Morgan fingerprint density at radius 2 is 1.89 bits per heavy atom. The van der Waals surface area contributed by atoms with Crippen molar-refractivity contribution in [3.05, 3.63) is 29.8 Å². The van der Waals surface area contributed by atoms with Crippen molar-refractivity contribution in [1.82, 2.24) is 10.2 Å². The Labute approximate surface area is 110 Å². The zero-order valence-electron chi connectivity index (χ0n) is 10.5. The van der Waals surface area contributed by atoms with Crippen LogP contribution in [0.15, 0.2) is 24.3 Å². The molecule has 0 bridgehead atoms. The number of carbonyl (C=O) groups excluding carboxylic acids is 3. The first kappa shape index (κ1) is 13.1. The van der Waals surface area contributed by atoms with Gasteiger partial charge in [0.15, 0.2) is 6.61 Å².